The number of nitrogens with zero attached hydrogens (tertiary/aromatic N) is 1. The first-order valence-electron chi connectivity index (χ1n) is 5.94. The van der Waals surface area contributed by atoms with Crippen molar-refractivity contribution in [2.75, 3.05) is 20.4 Å². The number of rotatable bonds is 4. The van der Waals surface area contributed by atoms with Crippen molar-refractivity contribution >= 4 is 11.6 Å². The summed E-state index contributed by atoms with van der Waals surface area (Å²) in [5.74, 6) is 0.864. The van der Waals surface area contributed by atoms with Crippen molar-refractivity contribution in [2.24, 2.45) is 0 Å². The second kappa shape index (κ2) is 5.89. The van der Waals surface area contributed by atoms with Crippen molar-refractivity contribution in [1.29, 1.82) is 0 Å². The number of hydrogen-bond acceptors (Lipinski definition) is 4. The predicted octanol–water partition coefficient (Wildman–Crippen LogP) is 2.02. The van der Waals surface area contributed by atoms with Crippen LogP contribution in [0.4, 0.5) is 0 Å². The molecular weight excluding hydrogens is 254 g/mol. The van der Waals surface area contributed by atoms with Crippen molar-refractivity contribution < 1.29 is 14.6 Å². The molecule has 5 heteroatoms. The van der Waals surface area contributed by atoms with Crippen LogP contribution >= 0.6 is 11.6 Å². The summed E-state index contributed by atoms with van der Waals surface area (Å²) in [6, 6.07) is 3.88. The molecule has 1 unspecified atom stereocenters. The Morgan fingerprint density at radius 3 is 3.00 bits per heavy atom. The van der Waals surface area contributed by atoms with Crippen LogP contribution in [0.5, 0.6) is 5.75 Å². The van der Waals surface area contributed by atoms with E-state index in [0.717, 1.165) is 16.9 Å². The Kier molecular flexibility index (Phi) is 4.45. The summed E-state index contributed by atoms with van der Waals surface area (Å²) in [4.78, 5) is 2.06. The van der Waals surface area contributed by atoms with Gasteiger partial charge in [0.2, 0.25) is 0 Å². The highest BCUT2D eigenvalue weighted by Gasteiger charge is 2.18. The molecule has 0 radical (unpaired) electrons. The molecule has 0 bridgehead atoms. The van der Waals surface area contributed by atoms with Crippen LogP contribution in [0.25, 0.3) is 0 Å². The van der Waals surface area contributed by atoms with Gasteiger partial charge in [-0.25, -0.2) is 0 Å². The minimum absolute atomic E-state index is 0.0967. The fourth-order valence-corrected chi connectivity index (χ4v) is 2.20. The minimum atomic E-state index is 0.0967. The van der Waals surface area contributed by atoms with E-state index in [2.05, 4.69) is 4.90 Å². The van der Waals surface area contributed by atoms with Gasteiger partial charge < -0.3 is 14.6 Å². The van der Waals surface area contributed by atoms with E-state index in [9.17, 15) is 0 Å². The van der Waals surface area contributed by atoms with Crippen LogP contribution in [-0.2, 0) is 17.9 Å². The summed E-state index contributed by atoms with van der Waals surface area (Å²) in [6.07, 6.45) is 0. The molecule has 0 amide bonds. The Morgan fingerprint density at radius 2 is 2.28 bits per heavy atom. The van der Waals surface area contributed by atoms with Crippen molar-refractivity contribution in [3.63, 3.8) is 0 Å². The number of halogens is 1. The zero-order valence-corrected chi connectivity index (χ0v) is 11.4. The normalized spacial score (nSPS) is 16.3. The molecule has 0 saturated heterocycles. The average Bonchev–Trinajstić information content (AvgIpc) is 2.37. The highest BCUT2D eigenvalue weighted by atomic mass is 35.5. The molecule has 1 atom stereocenters. The van der Waals surface area contributed by atoms with Crippen molar-refractivity contribution in [1.82, 2.24) is 4.90 Å². The summed E-state index contributed by atoms with van der Waals surface area (Å²) in [5.41, 5.74) is 2.01. The van der Waals surface area contributed by atoms with Crippen molar-refractivity contribution in [3.05, 3.63) is 28.3 Å². The molecule has 4 nitrogen and oxygen atoms in total. The monoisotopic (exact) mass is 271 g/mol. The van der Waals surface area contributed by atoms with Crippen molar-refractivity contribution in [2.45, 2.75) is 26.1 Å². The van der Waals surface area contributed by atoms with E-state index in [1.165, 1.54) is 0 Å². The molecule has 1 aromatic rings. The van der Waals surface area contributed by atoms with E-state index in [1.54, 1.807) is 0 Å². The third-order valence-electron chi connectivity index (χ3n) is 3.19. The topological polar surface area (TPSA) is 41.9 Å². The Morgan fingerprint density at radius 1 is 1.50 bits per heavy atom. The molecule has 100 valence electrons. The largest absolute Gasteiger partial charge is 0.467 e. The molecule has 1 N–H and O–H groups in total. The first-order chi connectivity index (χ1) is 8.61. The molecule has 1 aliphatic rings. The molecule has 0 fully saturated rings. The molecule has 0 saturated carbocycles. The van der Waals surface area contributed by atoms with E-state index in [1.807, 2.05) is 26.1 Å². The van der Waals surface area contributed by atoms with Crippen LogP contribution in [0.2, 0.25) is 5.02 Å². The summed E-state index contributed by atoms with van der Waals surface area (Å²) in [7, 11) is 1.97. The lowest BCUT2D eigenvalue weighted by atomic mass is 10.1. The predicted molar refractivity (Wildman–Crippen MR) is 69.8 cm³/mol. The van der Waals surface area contributed by atoms with Crippen molar-refractivity contribution in [3.8, 4) is 5.75 Å². The van der Waals surface area contributed by atoms with Gasteiger partial charge in [0, 0.05) is 28.7 Å². The molecule has 1 aromatic carbocycles. The summed E-state index contributed by atoms with van der Waals surface area (Å²) in [5, 5.41) is 9.84. The number of likely N-dealkylation sites (N-methyl/N-ethyl adjacent to an activating group) is 1. The van der Waals surface area contributed by atoms with Gasteiger partial charge in [0.1, 0.15) is 5.75 Å². The zero-order chi connectivity index (χ0) is 13.1. The highest BCUT2D eigenvalue weighted by Crippen LogP contribution is 2.32. The first kappa shape index (κ1) is 13.6. The zero-order valence-electron chi connectivity index (χ0n) is 10.6. The lowest BCUT2D eigenvalue weighted by Gasteiger charge is -2.26. The van der Waals surface area contributed by atoms with Gasteiger partial charge in [0.05, 0.1) is 13.2 Å². The standard InChI is InChI=1S/C13H18ClNO3/c1-9(6-16)15(2)5-10-3-12(14)4-11-7-17-8-18-13(10)11/h3-4,9,16H,5-8H2,1-2H3. The van der Waals surface area contributed by atoms with Gasteiger partial charge in [-0.2, -0.15) is 0 Å². The Bertz CT molecular complexity index is 425. The molecule has 1 aliphatic heterocycles. The SMILES string of the molecule is CC(CO)N(C)Cc1cc(Cl)cc2c1OCOC2. The number of benzene rings is 1. The fraction of sp³-hybridized carbons (Fsp3) is 0.538. The molecule has 1 heterocycles. The van der Waals surface area contributed by atoms with Gasteiger partial charge in [0.25, 0.3) is 0 Å². The van der Waals surface area contributed by atoms with Crippen LogP contribution in [0.3, 0.4) is 0 Å². The second-order valence-corrected chi connectivity index (χ2v) is 5.05. The molecule has 0 aliphatic carbocycles. The van der Waals surface area contributed by atoms with Gasteiger partial charge >= 0.3 is 0 Å². The molecule has 0 aromatic heterocycles. The molecular formula is C13H18ClNO3. The second-order valence-electron chi connectivity index (χ2n) is 4.61. The highest BCUT2D eigenvalue weighted by molar-refractivity contribution is 6.30. The summed E-state index contributed by atoms with van der Waals surface area (Å²) < 4.78 is 10.8. The molecule has 2 rings (SSSR count). The maximum atomic E-state index is 9.16. The smallest absolute Gasteiger partial charge is 0.189 e. The quantitative estimate of drug-likeness (QED) is 0.910. The van der Waals surface area contributed by atoms with E-state index in [0.29, 0.717) is 18.2 Å². The lowest BCUT2D eigenvalue weighted by Crippen LogP contribution is -2.31. The Balaban J connectivity index is 2.24. The Hall–Kier alpha value is -0.810. The Labute approximate surface area is 112 Å². The van der Waals surface area contributed by atoms with Gasteiger partial charge in [-0.1, -0.05) is 11.6 Å². The lowest BCUT2D eigenvalue weighted by molar-refractivity contribution is -0.0175. The van der Waals surface area contributed by atoms with Gasteiger partial charge in [-0.15, -0.1) is 0 Å². The van der Waals surface area contributed by atoms with Gasteiger partial charge in [0.15, 0.2) is 6.79 Å². The van der Waals surface area contributed by atoms with E-state index >= 15 is 0 Å². The third-order valence-corrected chi connectivity index (χ3v) is 3.41. The first-order valence-corrected chi connectivity index (χ1v) is 6.32. The number of fused-ring (bicyclic) bond motifs is 1. The number of ether oxygens (including phenoxy) is 2. The number of aliphatic hydroxyl groups excluding tert-OH is 1. The van der Waals surface area contributed by atoms with Crippen LogP contribution in [0.1, 0.15) is 18.1 Å². The van der Waals surface area contributed by atoms with Crippen LogP contribution < -0.4 is 4.74 Å². The summed E-state index contributed by atoms with van der Waals surface area (Å²) >= 11 is 6.10. The van der Waals surface area contributed by atoms with Gasteiger partial charge in [-0.3, -0.25) is 4.90 Å². The van der Waals surface area contributed by atoms with Crippen LogP contribution in [0, 0.1) is 0 Å². The summed E-state index contributed by atoms with van der Waals surface area (Å²) in [6.45, 7) is 3.60. The fourth-order valence-electron chi connectivity index (χ4n) is 1.94. The number of aliphatic hydroxyl groups is 1. The van der Waals surface area contributed by atoms with Gasteiger partial charge in [-0.05, 0) is 26.1 Å². The van der Waals surface area contributed by atoms with Crippen LogP contribution in [0.15, 0.2) is 12.1 Å². The average molecular weight is 272 g/mol. The van der Waals surface area contributed by atoms with E-state index in [4.69, 9.17) is 26.2 Å². The molecule has 0 spiro atoms. The van der Waals surface area contributed by atoms with E-state index < -0.39 is 0 Å². The maximum Gasteiger partial charge on any atom is 0.189 e. The number of hydrogen-bond donors (Lipinski definition) is 1. The van der Waals surface area contributed by atoms with Crippen LogP contribution in [-0.4, -0.2) is 36.5 Å². The third kappa shape index (κ3) is 2.95. The minimum Gasteiger partial charge on any atom is -0.467 e. The molecule has 18 heavy (non-hydrogen) atoms. The maximum absolute atomic E-state index is 9.16. The van der Waals surface area contributed by atoms with E-state index in [-0.39, 0.29) is 19.4 Å².